The second-order valence-electron chi connectivity index (χ2n) is 3.52. The van der Waals surface area contributed by atoms with Crippen LogP contribution in [0.2, 0.25) is 0 Å². The molecule has 6 heteroatoms. The smallest absolute Gasteiger partial charge is 0.341 e. The minimum absolute atomic E-state index is 0.0757. The van der Waals surface area contributed by atoms with Gasteiger partial charge in [0.2, 0.25) is 0 Å². The molecule has 0 heterocycles. The molecule has 0 aliphatic carbocycles. The van der Waals surface area contributed by atoms with Gasteiger partial charge in [0.1, 0.15) is 17.4 Å². The van der Waals surface area contributed by atoms with Crippen LogP contribution in [0.4, 0.5) is 0 Å². The molecule has 0 aromatic heterocycles. The number of benzene rings is 1. The maximum absolute atomic E-state index is 11.3. The summed E-state index contributed by atoms with van der Waals surface area (Å²) in [6, 6.07) is 3.89. The number of esters is 1. The number of rotatable bonds is 4. The molecule has 17 heavy (non-hydrogen) atoms. The monoisotopic (exact) mass is 241 g/mol. The molecular formula is C11H15NO5. The zero-order valence-electron chi connectivity index (χ0n) is 9.33. The van der Waals surface area contributed by atoms with Gasteiger partial charge in [0, 0.05) is 6.54 Å². The lowest BCUT2D eigenvalue weighted by Gasteiger charge is -2.17. The predicted octanol–water partition coefficient (Wildman–Crippen LogP) is -0.468. The van der Waals surface area contributed by atoms with E-state index in [2.05, 4.69) is 4.74 Å². The lowest BCUT2D eigenvalue weighted by molar-refractivity contribution is 0.0242. The highest BCUT2D eigenvalue weighted by Gasteiger charge is 2.20. The van der Waals surface area contributed by atoms with E-state index in [-0.39, 0.29) is 23.4 Å². The Morgan fingerprint density at radius 2 is 2.12 bits per heavy atom. The van der Waals surface area contributed by atoms with E-state index in [9.17, 15) is 20.1 Å². The molecule has 2 atom stereocenters. The van der Waals surface area contributed by atoms with Crippen LogP contribution in [0.25, 0.3) is 0 Å². The highest BCUT2D eigenvalue weighted by Crippen LogP contribution is 2.24. The lowest BCUT2D eigenvalue weighted by atomic mass is 10.0. The van der Waals surface area contributed by atoms with Gasteiger partial charge in [-0.25, -0.2) is 4.79 Å². The maximum atomic E-state index is 11.3. The van der Waals surface area contributed by atoms with E-state index in [1.807, 2.05) is 0 Å². The number of hydrogen-bond donors (Lipinski definition) is 4. The molecule has 0 bridgehead atoms. The Bertz CT molecular complexity index is 407. The Kier molecular flexibility index (Phi) is 4.45. The van der Waals surface area contributed by atoms with Crippen molar-refractivity contribution in [3.8, 4) is 5.75 Å². The fraction of sp³-hybridized carbons (Fsp3) is 0.364. The van der Waals surface area contributed by atoms with Crippen LogP contribution in [-0.2, 0) is 4.74 Å². The van der Waals surface area contributed by atoms with Crippen LogP contribution in [0.5, 0.6) is 5.75 Å². The van der Waals surface area contributed by atoms with Gasteiger partial charge in [-0.1, -0.05) is 6.07 Å². The molecule has 2 unspecified atom stereocenters. The molecule has 0 spiro atoms. The normalized spacial score (nSPS) is 14.1. The van der Waals surface area contributed by atoms with Crippen LogP contribution in [0.1, 0.15) is 22.0 Å². The van der Waals surface area contributed by atoms with E-state index in [4.69, 9.17) is 5.73 Å². The van der Waals surface area contributed by atoms with E-state index in [1.54, 1.807) is 0 Å². The van der Waals surface area contributed by atoms with Crippen LogP contribution in [-0.4, -0.2) is 41.0 Å². The van der Waals surface area contributed by atoms with Crippen LogP contribution < -0.4 is 5.73 Å². The Labute approximate surface area is 98.3 Å². The third-order valence-corrected chi connectivity index (χ3v) is 2.37. The minimum atomic E-state index is -1.22. The van der Waals surface area contributed by atoms with Crippen LogP contribution in [0.15, 0.2) is 18.2 Å². The summed E-state index contributed by atoms with van der Waals surface area (Å²) in [5.74, 6) is -0.978. The number of aliphatic hydroxyl groups is 2. The van der Waals surface area contributed by atoms with Crippen molar-refractivity contribution in [3.05, 3.63) is 29.3 Å². The lowest BCUT2D eigenvalue weighted by Crippen LogP contribution is -2.27. The minimum Gasteiger partial charge on any atom is -0.507 e. The number of aromatic hydroxyl groups is 1. The average Bonchev–Trinajstić information content (AvgIpc) is 2.36. The van der Waals surface area contributed by atoms with Crippen molar-refractivity contribution in [2.45, 2.75) is 12.2 Å². The number of carbonyl (C=O) groups excluding carboxylic acids is 1. The largest absolute Gasteiger partial charge is 0.507 e. The average molecular weight is 241 g/mol. The Morgan fingerprint density at radius 1 is 1.47 bits per heavy atom. The number of phenols is 1. The molecule has 0 saturated heterocycles. The van der Waals surface area contributed by atoms with Crippen molar-refractivity contribution in [2.75, 3.05) is 13.7 Å². The van der Waals surface area contributed by atoms with Gasteiger partial charge in [-0.15, -0.1) is 0 Å². The number of ether oxygens (including phenoxy) is 1. The molecule has 0 radical (unpaired) electrons. The fourth-order valence-corrected chi connectivity index (χ4v) is 1.36. The Morgan fingerprint density at radius 3 is 2.65 bits per heavy atom. The molecule has 1 aromatic rings. The maximum Gasteiger partial charge on any atom is 0.341 e. The Balaban J connectivity index is 3.08. The van der Waals surface area contributed by atoms with E-state index < -0.39 is 18.2 Å². The third-order valence-electron chi connectivity index (χ3n) is 2.37. The van der Waals surface area contributed by atoms with Gasteiger partial charge in [-0.2, -0.15) is 0 Å². The quantitative estimate of drug-likeness (QED) is 0.530. The van der Waals surface area contributed by atoms with Gasteiger partial charge in [-0.3, -0.25) is 0 Å². The summed E-state index contributed by atoms with van der Waals surface area (Å²) in [7, 11) is 1.18. The first-order valence-electron chi connectivity index (χ1n) is 4.98. The number of methoxy groups -OCH3 is 1. The van der Waals surface area contributed by atoms with Crippen LogP contribution in [0.3, 0.4) is 0 Å². The first-order chi connectivity index (χ1) is 8.01. The topological polar surface area (TPSA) is 113 Å². The number of phenolic OH excluding ortho intramolecular Hbond substituents is 1. The first kappa shape index (κ1) is 13.4. The van der Waals surface area contributed by atoms with Gasteiger partial charge < -0.3 is 25.8 Å². The molecule has 1 rings (SSSR count). The van der Waals surface area contributed by atoms with Crippen molar-refractivity contribution in [1.29, 1.82) is 0 Å². The standard InChI is InChI=1S/C11H15NO5/c1-17-11(16)7-4-6(2-3-8(7)13)10(15)9(14)5-12/h2-4,9-10,13-15H,5,12H2,1H3. The van der Waals surface area contributed by atoms with Gasteiger partial charge in [0.05, 0.1) is 13.2 Å². The molecule has 94 valence electrons. The highest BCUT2D eigenvalue weighted by atomic mass is 16.5. The van der Waals surface area contributed by atoms with Gasteiger partial charge in [0.15, 0.2) is 0 Å². The molecule has 0 fully saturated rings. The zero-order chi connectivity index (χ0) is 13.0. The van der Waals surface area contributed by atoms with E-state index in [0.717, 1.165) is 0 Å². The predicted molar refractivity (Wildman–Crippen MR) is 59.5 cm³/mol. The van der Waals surface area contributed by atoms with E-state index in [1.165, 1.54) is 25.3 Å². The first-order valence-corrected chi connectivity index (χ1v) is 4.98. The number of hydrogen-bond acceptors (Lipinski definition) is 6. The van der Waals surface area contributed by atoms with Crippen LogP contribution in [0, 0.1) is 0 Å². The summed E-state index contributed by atoms with van der Waals surface area (Å²) < 4.78 is 4.47. The molecule has 0 aliphatic heterocycles. The van der Waals surface area contributed by atoms with Gasteiger partial charge >= 0.3 is 5.97 Å². The Hall–Kier alpha value is -1.63. The highest BCUT2D eigenvalue weighted by molar-refractivity contribution is 5.92. The van der Waals surface area contributed by atoms with Crippen molar-refractivity contribution < 1.29 is 24.9 Å². The summed E-state index contributed by atoms with van der Waals surface area (Å²) in [4.78, 5) is 11.3. The molecule has 0 aliphatic rings. The zero-order valence-corrected chi connectivity index (χ0v) is 9.33. The fourth-order valence-electron chi connectivity index (χ4n) is 1.36. The van der Waals surface area contributed by atoms with Gasteiger partial charge in [0.25, 0.3) is 0 Å². The summed E-state index contributed by atoms with van der Waals surface area (Å²) in [6.45, 7) is -0.115. The second kappa shape index (κ2) is 5.62. The molecule has 0 amide bonds. The van der Waals surface area contributed by atoms with Crippen molar-refractivity contribution >= 4 is 5.97 Å². The van der Waals surface area contributed by atoms with Gasteiger partial charge in [-0.05, 0) is 17.7 Å². The second-order valence-corrected chi connectivity index (χ2v) is 3.52. The third kappa shape index (κ3) is 2.94. The molecule has 0 saturated carbocycles. The molecular weight excluding hydrogens is 226 g/mol. The number of carbonyl (C=O) groups is 1. The summed E-state index contributed by atoms with van der Waals surface area (Å²) in [6.07, 6.45) is -2.35. The van der Waals surface area contributed by atoms with E-state index in [0.29, 0.717) is 0 Å². The van der Waals surface area contributed by atoms with E-state index >= 15 is 0 Å². The summed E-state index contributed by atoms with van der Waals surface area (Å²) in [5.41, 5.74) is 5.42. The number of aliphatic hydroxyl groups excluding tert-OH is 2. The van der Waals surface area contributed by atoms with Crippen molar-refractivity contribution in [1.82, 2.24) is 0 Å². The van der Waals surface area contributed by atoms with Crippen molar-refractivity contribution in [3.63, 3.8) is 0 Å². The van der Waals surface area contributed by atoms with Crippen LogP contribution >= 0.6 is 0 Å². The molecule has 6 nitrogen and oxygen atoms in total. The summed E-state index contributed by atoms with van der Waals surface area (Å²) >= 11 is 0. The van der Waals surface area contributed by atoms with Crippen molar-refractivity contribution in [2.24, 2.45) is 5.73 Å². The SMILES string of the molecule is COC(=O)c1cc(C(O)C(O)CN)ccc1O. The number of nitrogens with two attached hydrogens (primary N) is 1. The summed E-state index contributed by atoms with van der Waals surface area (Å²) in [5, 5.41) is 28.5. The molecule has 5 N–H and O–H groups in total. The molecule has 1 aromatic carbocycles.